The second-order valence-corrected chi connectivity index (χ2v) is 7.59. The normalized spacial score (nSPS) is 15.7. The molecule has 1 aliphatic rings. The van der Waals surface area contributed by atoms with E-state index in [0.29, 0.717) is 11.3 Å². The van der Waals surface area contributed by atoms with Crippen molar-refractivity contribution < 1.29 is 14.3 Å². The van der Waals surface area contributed by atoms with Crippen LogP contribution in [0, 0.1) is 5.92 Å². The number of thiophene rings is 1. The Hall–Kier alpha value is -2.72. The molecule has 26 heavy (non-hydrogen) atoms. The first-order chi connectivity index (χ1) is 12.7. The number of fused-ring (bicyclic) bond motifs is 1. The Kier molecular flexibility index (Phi) is 4.43. The van der Waals surface area contributed by atoms with E-state index in [1.54, 1.807) is 6.07 Å². The van der Waals surface area contributed by atoms with Gasteiger partial charge in [0.2, 0.25) is 0 Å². The van der Waals surface area contributed by atoms with Gasteiger partial charge in [-0.05, 0) is 41.7 Å². The van der Waals surface area contributed by atoms with Crippen LogP contribution in [0.15, 0.2) is 60.7 Å². The number of hydrogen-bond donors (Lipinski definition) is 0. The Morgan fingerprint density at radius 3 is 2.58 bits per heavy atom. The van der Waals surface area contributed by atoms with E-state index in [9.17, 15) is 9.59 Å². The van der Waals surface area contributed by atoms with Crippen LogP contribution in [0.3, 0.4) is 0 Å². The highest BCUT2D eigenvalue weighted by Crippen LogP contribution is 2.37. The topological polar surface area (TPSA) is 43.4 Å². The molecule has 1 atom stereocenters. The van der Waals surface area contributed by atoms with E-state index in [0.717, 1.165) is 33.6 Å². The fraction of sp³-hybridized carbons (Fsp3) is 0.182. The van der Waals surface area contributed by atoms with Gasteiger partial charge in [-0.3, -0.25) is 4.79 Å². The molecule has 0 saturated carbocycles. The van der Waals surface area contributed by atoms with E-state index in [1.165, 1.54) is 18.4 Å². The van der Waals surface area contributed by atoms with Crippen LogP contribution in [0.5, 0.6) is 0 Å². The van der Waals surface area contributed by atoms with Crippen molar-refractivity contribution in [3.05, 3.63) is 81.5 Å². The molecule has 1 aliphatic carbocycles. The second-order valence-electron chi connectivity index (χ2n) is 6.42. The zero-order valence-electron chi connectivity index (χ0n) is 14.4. The minimum absolute atomic E-state index is 0.0704. The molecule has 1 aromatic heterocycles. The fourth-order valence-electron chi connectivity index (χ4n) is 3.59. The van der Waals surface area contributed by atoms with Gasteiger partial charge in [-0.15, -0.1) is 11.3 Å². The number of ketones is 1. The predicted molar refractivity (Wildman–Crippen MR) is 103 cm³/mol. The Morgan fingerprint density at radius 1 is 1.04 bits per heavy atom. The van der Waals surface area contributed by atoms with E-state index in [2.05, 4.69) is 18.2 Å². The van der Waals surface area contributed by atoms with Crippen molar-refractivity contribution in [2.45, 2.75) is 12.8 Å². The largest absolute Gasteiger partial charge is 0.465 e. The maximum atomic E-state index is 12.9. The Labute approximate surface area is 156 Å². The molecule has 4 heteroatoms. The SMILES string of the molecule is COC(=O)c1ccc(CC2Cc3c(cccc3-c3ccccc3)C2=O)s1. The van der Waals surface area contributed by atoms with Crippen molar-refractivity contribution in [1.29, 1.82) is 0 Å². The van der Waals surface area contributed by atoms with Crippen molar-refractivity contribution in [3.63, 3.8) is 0 Å². The average Bonchev–Trinajstić information content (AvgIpc) is 3.27. The highest BCUT2D eigenvalue weighted by molar-refractivity contribution is 7.13. The quantitative estimate of drug-likeness (QED) is 0.626. The molecule has 1 heterocycles. The van der Waals surface area contributed by atoms with Gasteiger partial charge in [0, 0.05) is 16.4 Å². The summed E-state index contributed by atoms with van der Waals surface area (Å²) in [6, 6.07) is 19.9. The summed E-state index contributed by atoms with van der Waals surface area (Å²) in [7, 11) is 1.38. The van der Waals surface area contributed by atoms with Crippen LogP contribution in [0.2, 0.25) is 0 Å². The molecule has 3 nitrogen and oxygen atoms in total. The van der Waals surface area contributed by atoms with Crippen LogP contribution >= 0.6 is 11.3 Å². The summed E-state index contributed by atoms with van der Waals surface area (Å²) in [5.74, 6) is -0.196. The molecule has 0 bridgehead atoms. The molecule has 0 spiro atoms. The predicted octanol–water partition coefficient (Wildman–Crippen LogP) is 4.80. The van der Waals surface area contributed by atoms with Gasteiger partial charge in [-0.25, -0.2) is 4.79 Å². The summed E-state index contributed by atoms with van der Waals surface area (Å²) >= 11 is 1.41. The van der Waals surface area contributed by atoms with Gasteiger partial charge in [0.25, 0.3) is 0 Å². The maximum Gasteiger partial charge on any atom is 0.348 e. The third-order valence-electron chi connectivity index (χ3n) is 4.84. The van der Waals surface area contributed by atoms with Crippen LogP contribution in [-0.4, -0.2) is 18.9 Å². The van der Waals surface area contributed by atoms with Crippen molar-refractivity contribution in [2.75, 3.05) is 7.11 Å². The summed E-state index contributed by atoms with van der Waals surface area (Å²) in [4.78, 5) is 26.1. The zero-order chi connectivity index (χ0) is 18.1. The number of benzene rings is 2. The van der Waals surface area contributed by atoms with Gasteiger partial charge in [-0.1, -0.05) is 48.5 Å². The van der Waals surface area contributed by atoms with Crippen molar-refractivity contribution in [3.8, 4) is 11.1 Å². The summed E-state index contributed by atoms with van der Waals surface area (Å²) < 4.78 is 4.76. The lowest BCUT2D eigenvalue weighted by atomic mass is 9.96. The number of ether oxygens (including phenoxy) is 1. The summed E-state index contributed by atoms with van der Waals surface area (Å²) in [6.45, 7) is 0. The van der Waals surface area contributed by atoms with Gasteiger partial charge in [0.15, 0.2) is 5.78 Å². The van der Waals surface area contributed by atoms with Crippen LogP contribution in [0.25, 0.3) is 11.1 Å². The Bertz CT molecular complexity index is 972. The van der Waals surface area contributed by atoms with Crippen LogP contribution in [0.4, 0.5) is 0 Å². The van der Waals surface area contributed by atoms with E-state index >= 15 is 0 Å². The molecule has 0 radical (unpaired) electrons. The van der Waals surface area contributed by atoms with E-state index in [-0.39, 0.29) is 17.7 Å². The van der Waals surface area contributed by atoms with Crippen LogP contribution in [0.1, 0.15) is 30.5 Å². The van der Waals surface area contributed by atoms with Gasteiger partial charge in [0.1, 0.15) is 4.88 Å². The number of methoxy groups -OCH3 is 1. The number of Topliss-reactive ketones (excluding diaryl/α,β-unsaturated/α-hetero) is 1. The summed E-state index contributed by atoms with van der Waals surface area (Å²) in [5, 5.41) is 0. The number of carbonyl (C=O) groups is 2. The Balaban J connectivity index is 1.60. The lowest BCUT2D eigenvalue weighted by Gasteiger charge is -2.08. The smallest absolute Gasteiger partial charge is 0.348 e. The zero-order valence-corrected chi connectivity index (χ0v) is 15.2. The number of carbonyl (C=O) groups excluding carboxylic acids is 2. The van der Waals surface area contributed by atoms with Gasteiger partial charge < -0.3 is 4.74 Å². The van der Waals surface area contributed by atoms with Crippen LogP contribution in [-0.2, 0) is 17.6 Å². The maximum absolute atomic E-state index is 12.9. The molecular formula is C22H18O3S. The third kappa shape index (κ3) is 2.97. The lowest BCUT2D eigenvalue weighted by Crippen LogP contribution is -2.11. The average molecular weight is 362 g/mol. The van der Waals surface area contributed by atoms with E-state index in [1.807, 2.05) is 36.4 Å². The summed E-state index contributed by atoms with van der Waals surface area (Å²) in [6.07, 6.45) is 1.40. The minimum Gasteiger partial charge on any atom is -0.465 e. The molecule has 1 unspecified atom stereocenters. The van der Waals surface area contributed by atoms with Crippen molar-refractivity contribution >= 4 is 23.1 Å². The van der Waals surface area contributed by atoms with E-state index < -0.39 is 0 Å². The standard InChI is InChI=1S/C22H18O3S/c1-25-22(24)20-11-10-16(26-20)12-15-13-19-17(14-6-3-2-4-7-14)8-5-9-18(19)21(15)23/h2-11,15H,12-13H2,1H3. The first-order valence-corrected chi connectivity index (χ1v) is 9.37. The Morgan fingerprint density at radius 2 is 1.81 bits per heavy atom. The first-order valence-electron chi connectivity index (χ1n) is 8.56. The number of esters is 1. The van der Waals surface area contributed by atoms with Crippen LogP contribution < -0.4 is 0 Å². The molecule has 4 rings (SSSR count). The van der Waals surface area contributed by atoms with Gasteiger partial charge in [0.05, 0.1) is 7.11 Å². The highest BCUT2D eigenvalue weighted by atomic mass is 32.1. The van der Waals surface area contributed by atoms with Crippen molar-refractivity contribution in [2.24, 2.45) is 5.92 Å². The second kappa shape index (κ2) is 6.89. The molecule has 0 N–H and O–H groups in total. The fourth-order valence-corrected chi connectivity index (χ4v) is 4.60. The molecular weight excluding hydrogens is 344 g/mol. The monoisotopic (exact) mass is 362 g/mol. The lowest BCUT2D eigenvalue weighted by molar-refractivity contribution is 0.0606. The highest BCUT2D eigenvalue weighted by Gasteiger charge is 2.32. The third-order valence-corrected chi connectivity index (χ3v) is 5.93. The van der Waals surface area contributed by atoms with Gasteiger partial charge in [-0.2, -0.15) is 0 Å². The minimum atomic E-state index is -0.325. The first kappa shape index (κ1) is 16.7. The molecule has 0 aliphatic heterocycles. The molecule has 0 fully saturated rings. The number of hydrogen-bond acceptors (Lipinski definition) is 4. The molecule has 3 aromatic rings. The number of rotatable bonds is 4. The van der Waals surface area contributed by atoms with E-state index in [4.69, 9.17) is 4.74 Å². The van der Waals surface area contributed by atoms with Gasteiger partial charge >= 0.3 is 5.97 Å². The summed E-state index contributed by atoms with van der Waals surface area (Å²) in [5.41, 5.74) is 4.25. The van der Waals surface area contributed by atoms with Crippen molar-refractivity contribution in [1.82, 2.24) is 0 Å². The molecule has 2 aromatic carbocycles. The molecule has 130 valence electrons. The molecule has 0 amide bonds. The molecule has 0 saturated heterocycles.